The van der Waals surface area contributed by atoms with Gasteiger partial charge in [0.15, 0.2) is 6.61 Å². The fourth-order valence-electron chi connectivity index (χ4n) is 1.66. The van der Waals surface area contributed by atoms with Crippen LogP contribution < -0.4 is 20.5 Å². The first-order valence-corrected chi connectivity index (χ1v) is 6.41. The number of carbonyl (C=O) groups is 1. The third kappa shape index (κ3) is 4.68. The molecule has 0 radical (unpaired) electrons. The molecule has 0 saturated heterocycles. The van der Waals surface area contributed by atoms with Crippen molar-refractivity contribution in [1.82, 2.24) is 4.98 Å². The van der Waals surface area contributed by atoms with Crippen LogP contribution >= 0.6 is 0 Å². The maximum absolute atomic E-state index is 10.6. The molecule has 110 valence electrons. The van der Waals surface area contributed by atoms with Crippen LogP contribution in [0, 0.1) is 0 Å². The first-order valence-electron chi connectivity index (χ1n) is 6.41. The lowest BCUT2D eigenvalue weighted by Crippen LogP contribution is -2.19. The topological polar surface area (TPSA) is 86.5 Å². The summed E-state index contributed by atoms with van der Waals surface area (Å²) in [6.45, 7) is 0.531. The van der Waals surface area contributed by atoms with Gasteiger partial charge in [-0.3, -0.25) is 4.79 Å². The molecule has 0 spiro atoms. The predicted octanol–water partition coefficient (Wildman–Crippen LogP) is 1.57. The van der Waals surface area contributed by atoms with Crippen LogP contribution in [0.2, 0.25) is 0 Å². The highest BCUT2D eigenvalue weighted by Crippen LogP contribution is 2.16. The van der Waals surface area contributed by atoms with Crippen molar-refractivity contribution in [2.75, 3.05) is 19.0 Å². The molecule has 0 saturated carbocycles. The summed E-state index contributed by atoms with van der Waals surface area (Å²) in [6.07, 6.45) is 1.76. The zero-order valence-electron chi connectivity index (χ0n) is 11.7. The zero-order chi connectivity index (χ0) is 15.1. The predicted molar refractivity (Wildman–Crippen MR) is 79.2 cm³/mol. The SMILES string of the molecule is COc1ccc(CNc2ccc(OCC(N)=O)cc2)cn1. The van der Waals surface area contributed by atoms with E-state index >= 15 is 0 Å². The van der Waals surface area contributed by atoms with Crippen LogP contribution in [0.4, 0.5) is 5.69 Å². The number of primary amides is 1. The second kappa shape index (κ2) is 7.14. The summed E-state index contributed by atoms with van der Waals surface area (Å²) < 4.78 is 10.2. The Morgan fingerprint density at radius 1 is 1.24 bits per heavy atom. The van der Waals surface area contributed by atoms with Crippen molar-refractivity contribution in [3.05, 3.63) is 48.2 Å². The summed E-state index contributed by atoms with van der Waals surface area (Å²) in [5.41, 5.74) is 7.00. The maximum Gasteiger partial charge on any atom is 0.255 e. The van der Waals surface area contributed by atoms with Gasteiger partial charge in [-0.15, -0.1) is 0 Å². The molecule has 1 amide bonds. The van der Waals surface area contributed by atoms with Gasteiger partial charge in [0.05, 0.1) is 7.11 Å². The molecule has 21 heavy (non-hydrogen) atoms. The van der Waals surface area contributed by atoms with Crippen LogP contribution in [-0.4, -0.2) is 24.6 Å². The molecule has 0 aliphatic carbocycles. The van der Waals surface area contributed by atoms with E-state index in [1.807, 2.05) is 24.3 Å². The van der Waals surface area contributed by atoms with E-state index in [1.54, 1.807) is 25.4 Å². The molecular formula is C15H17N3O3. The van der Waals surface area contributed by atoms with Gasteiger partial charge in [-0.25, -0.2) is 4.98 Å². The number of nitrogens with two attached hydrogens (primary N) is 1. The van der Waals surface area contributed by atoms with Gasteiger partial charge in [-0.1, -0.05) is 6.07 Å². The molecule has 0 unspecified atom stereocenters. The van der Waals surface area contributed by atoms with Gasteiger partial charge in [0, 0.05) is 24.5 Å². The van der Waals surface area contributed by atoms with E-state index in [0.717, 1.165) is 11.3 Å². The fraction of sp³-hybridized carbons (Fsp3) is 0.200. The number of anilines is 1. The number of hydrogen-bond acceptors (Lipinski definition) is 5. The number of methoxy groups -OCH3 is 1. The highest BCUT2D eigenvalue weighted by Gasteiger charge is 1.99. The summed E-state index contributed by atoms with van der Waals surface area (Å²) in [4.78, 5) is 14.8. The number of amides is 1. The Labute approximate surface area is 122 Å². The van der Waals surface area contributed by atoms with Crippen molar-refractivity contribution in [3.8, 4) is 11.6 Å². The van der Waals surface area contributed by atoms with Crippen molar-refractivity contribution in [3.63, 3.8) is 0 Å². The van der Waals surface area contributed by atoms with E-state index in [1.165, 1.54) is 0 Å². The van der Waals surface area contributed by atoms with Crippen LogP contribution in [0.25, 0.3) is 0 Å². The molecule has 1 heterocycles. The smallest absolute Gasteiger partial charge is 0.255 e. The lowest BCUT2D eigenvalue weighted by molar-refractivity contribution is -0.119. The van der Waals surface area contributed by atoms with E-state index in [0.29, 0.717) is 18.2 Å². The largest absolute Gasteiger partial charge is 0.484 e. The monoisotopic (exact) mass is 287 g/mol. The molecule has 1 aromatic heterocycles. The normalized spacial score (nSPS) is 9.95. The average Bonchev–Trinajstić information content (AvgIpc) is 2.52. The minimum atomic E-state index is -0.496. The second-order valence-electron chi connectivity index (χ2n) is 4.34. The standard InChI is InChI=1S/C15H17N3O3/c1-20-15-7-2-11(9-18-15)8-17-12-3-5-13(6-4-12)21-10-14(16)19/h2-7,9,17H,8,10H2,1H3,(H2,16,19). The minimum Gasteiger partial charge on any atom is -0.484 e. The molecule has 0 aliphatic rings. The quantitative estimate of drug-likeness (QED) is 0.807. The van der Waals surface area contributed by atoms with Crippen molar-refractivity contribution >= 4 is 11.6 Å². The molecule has 0 aliphatic heterocycles. The van der Waals surface area contributed by atoms with Gasteiger partial charge in [0.2, 0.25) is 5.88 Å². The highest BCUT2D eigenvalue weighted by molar-refractivity contribution is 5.75. The van der Waals surface area contributed by atoms with Crippen LogP contribution in [0.15, 0.2) is 42.6 Å². The minimum absolute atomic E-state index is 0.121. The molecule has 2 rings (SSSR count). The summed E-state index contributed by atoms with van der Waals surface area (Å²) in [6, 6.07) is 11.1. The van der Waals surface area contributed by atoms with Crippen LogP contribution in [0.1, 0.15) is 5.56 Å². The lowest BCUT2D eigenvalue weighted by Gasteiger charge is -2.08. The first kappa shape index (κ1) is 14.6. The molecule has 2 aromatic rings. The molecule has 3 N–H and O–H groups in total. The van der Waals surface area contributed by atoms with Gasteiger partial charge >= 0.3 is 0 Å². The van der Waals surface area contributed by atoms with Gasteiger partial charge < -0.3 is 20.5 Å². The summed E-state index contributed by atoms with van der Waals surface area (Å²) in [5, 5.41) is 3.26. The van der Waals surface area contributed by atoms with E-state index in [-0.39, 0.29) is 6.61 Å². The van der Waals surface area contributed by atoms with E-state index in [9.17, 15) is 4.79 Å². The van der Waals surface area contributed by atoms with Crippen molar-refractivity contribution in [2.45, 2.75) is 6.54 Å². The van der Waals surface area contributed by atoms with Gasteiger partial charge in [0.25, 0.3) is 5.91 Å². The fourth-order valence-corrected chi connectivity index (χ4v) is 1.66. The van der Waals surface area contributed by atoms with Crippen LogP contribution in [0.3, 0.4) is 0 Å². The Kier molecular flexibility index (Phi) is 4.98. The number of pyridine rings is 1. The number of rotatable bonds is 7. The molecule has 0 fully saturated rings. The third-order valence-electron chi connectivity index (χ3n) is 2.74. The number of nitrogens with one attached hydrogen (secondary N) is 1. The number of hydrogen-bond donors (Lipinski definition) is 2. The molecule has 0 bridgehead atoms. The maximum atomic E-state index is 10.6. The van der Waals surface area contributed by atoms with E-state index in [2.05, 4.69) is 10.3 Å². The first-order chi connectivity index (χ1) is 10.2. The number of nitrogens with zero attached hydrogens (tertiary/aromatic N) is 1. The third-order valence-corrected chi connectivity index (χ3v) is 2.74. The second-order valence-corrected chi connectivity index (χ2v) is 4.34. The van der Waals surface area contributed by atoms with Crippen LogP contribution in [-0.2, 0) is 11.3 Å². The summed E-state index contributed by atoms with van der Waals surface area (Å²) in [7, 11) is 1.59. The van der Waals surface area contributed by atoms with Gasteiger partial charge in [-0.2, -0.15) is 0 Å². The Hall–Kier alpha value is -2.76. The lowest BCUT2D eigenvalue weighted by atomic mass is 10.2. The molecule has 6 nitrogen and oxygen atoms in total. The van der Waals surface area contributed by atoms with E-state index in [4.69, 9.17) is 15.2 Å². The Balaban J connectivity index is 1.86. The van der Waals surface area contributed by atoms with E-state index < -0.39 is 5.91 Å². The van der Waals surface area contributed by atoms with Gasteiger partial charge in [-0.05, 0) is 29.8 Å². The van der Waals surface area contributed by atoms with Crippen molar-refractivity contribution in [2.24, 2.45) is 5.73 Å². The molecule has 0 atom stereocenters. The number of ether oxygens (including phenoxy) is 2. The summed E-state index contributed by atoms with van der Waals surface area (Å²) in [5.74, 6) is 0.698. The zero-order valence-corrected chi connectivity index (χ0v) is 11.7. The highest BCUT2D eigenvalue weighted by atomic mass is 16.5. The van der Waals surface area contributed by atoms with Crippen molar-refractivity contribution in [1.29, 1.82) is 0 Å². The number of benzene rings is 1. The average molecular weight is 287 g/mol. The Bertz CT molecular complexity index is 582. The Morgan fingerprint density at radius 2 is 2.00 bits per heavy atom. The number of carbonyl (C=O) groups excluding carboxylic acids is 1. The van der Waals surface area contributed by atoms with Crippen LogP contribution in [0.5, 0.6) is 11.6 Å². The summed E-state index contributed by atoms with van der Waals surface area (Å²) >= 11 is 0. The van der Waals surface area contributed by atoms with Gasteiger partial charge in [0.1, 0.15) is 5.75 Å². The molecular weight excluding hydrogens is 270 g/mol. The number of aromatic nitrogens is 1. The Morgan fingerprint density at radius 3 is 2.57 bits per heavy atom. The molecule has 6 heteroatoms. The van der Waals surface area contributed by atoms with Crippen molar-refractivity contribution < 1.29 is 14.3 Å². The molecule has 1 aromatic carbocycles.